The van der Waals surface area contributed by atoms with Crippen LogP contribution < -0.4 is 16.1 Å². The molecule has 2 aromatic heterocycles. The molecule has 75 heavy (non-hydrogen) atoms. The number of amides is 4. The molecule has 0 saturated carbocycles. The zero-order valence-corrected chi connectivity index (χ0v) is 44.7. The van der Waals surface area contributed by atoms with E-state index in [2.05, 4.69) is 49.9 Å². The molecule has 0 unspecified atom stereocenters. The van der Waals surface area contributed by atoms with Gasteiger partial charge in [0.1, 0.15) is 12.1 Å². The molecule has 0 spiro atoms. The molecule has 18 nitrogen and oxygen atoms in total. The van der Waals surface area contributed by atoms with E-state index >= 15 is 0 Å². The molecule has 1 aliphatic rings. The molecule has 4 atom stereocenters. The Morgan fingerprint density at radius 1 is 0.853 bits per heavy atom. The number of aromatic amines is 1. The van der Waals surface area contributed by atoms with Crippen LogP contribution in [0.3, 0.4) is 0 Å². The maximum Gasteiger partial charge on any atom is 0.267 e. The molecule has 6 rings (SSSR count). The number of nitrogens with one attached hydrogen (secondary N) is 4. The van der Waals surface area contributed by atoms with Crippen molar-refractivity contribution >= 4 is 51.9 Å². The highest BCUT2D eigenvalue weighted by atomic mass is 32.1. The predicted molar refractivity (Wildman–Crippen MR) is 288 cm³/mol. The lowest BCUT2D eigenvalue weighted by Gasteiger charge is -2.35. The second kappa shape index (κ2) is 30.0. The van der Waals surface area contributed by atoms with Gasteiger partial charge >= 0.3 is 0 Å². The van der Waals surface area contributed by atoms with Gasteiger partial charge in [-0.25, -0.2) is 10.5 Å². The third-order valence-corrected chi connectivity index (χ3v) is 13.8. The number of aryl methyl sites for hydroxylation is 1. The van der Waals surface area contributed by atoms with Crippen molar-refractivity contribution in [3.63, 3.8) is 0 Å². The minimum absolute atomic E-state index is 0.0118. The number of ether oxygens (including phenoxy) is 5. The number of aliphatic hydroxyl groups is 1. The molecule has 1 fully saturated rings. The summed E-state index contributed by atoms with van der Waals surface area (Å²) >= 11 is 1.57. The van der Waals surface area contributed by atoms with Gasteiger partial charge < -0.3 is 49.3 Å². The number of aromatic nitrogens is 2. The zero-order valence-electron chi connectivity index (χ0n) is 43.9. The molecule has 406 valence electrons. The highest BCUT2D eigenvalue weighted by Crippen LogP contribution is 2.30. The molecule has 6 N–H and O–H groups in total. The first kappa shape index (κ1) is 58.4. The Kier molecular flexibility index (Phi) is 23.4. The average Bonchev–Trinajstić information content (AvgIpc) is 4.15. The standard InChI is InChI=1S/C56H75N7O11S/c1-39(43-15-17-44(18-16-43)52-40(2)58-38-75-52)59-54(67)49-34-46(64)37-63(49)55(68)53(56(3,4)5)60-50(65)21-24-70-26-28-72-30-32-74-33-31-73-29-27-71-25-23-62(22-20-45-35-57-48-9-7-6-8-47(45)48)36-42-12-10-41(11-13-42)14-19-51(66)61-69/h6-19,35,38-39,46,49,53,57,64,69H,20-34,36-37H2,1-5H3,(H,59,67)(H,60,65)(H,61,66)/b19-14+/t39-,46+,49-,53+/m0/s1. The van der Waals surface area contributed by atoms with Crippen molar-refractivity contribution in [2.24, 2.45) is 5.41 Å². The number of carbonyl (C=O) groups excluding carboxylic acids is 4. The van der Waals surface area contributed by atoms with E-state index in [0.29, 0.717) is 52.9 Å². The molecule has 19 heteroatoms. The van der Waals surface area contributed by atoms with E-state index in [4.69, 9.17) is 28.9 Å². The van der Waals surface area contributed by atoms with Crippen LogP contribution in [-0.2, 0) is 55.8 Å². The first-order valence-corrected chi connectivity index (χ1v) is 26.5. The van der Waals surface area contributed by atoms with Gasteiger partial charge in [-0.05, 0) is 65.6 Å². The number of nitrogens with zero attached hydrogens (tertiary/aromatic N) is 3. The highest BCUT2D eigenvalue weighted by Gasteiger charge is 2.44. The molecule has 0 radical (unpaired) electrons. The summed E-state index contributed by atoms with van der Waals surface area (Å²) in [6.07, 6.45) is 5.12. The Morgan fingerprint density at radius 2 is 1.49 bits per heavy atom. The predicted octanol–water partition coefficient (Wildman–Crippen LogP) is 6.01. The quantitative estimate of drug-likeness (QED) is 0.0130. The Hall–Kier alpha value is -5.87. The molecule has 1 saturated heterocycles. The van der Waals surface area contributed by atoms with Crippen molar-refractivity contribution < 1.29 is 53.2 Å². The Balaban J connectivity index is 0.799. The van der Waals surface area contributed by atoms with Crippen LogP contribution in [0.4, 0.5) is 0 Å². The second-order valence-electron chi connectivity index (χ2n) is 19.6. The van der Waals surface area contributed by atoms with Gasteiger partial charge in [0, 0.05) is 62.2 Å². The van der Waals surface area contributed by atoms with E-state index in [1.807, 2.05) is 94.7 Å². The minimum Gasteiger partial charge on any atom is -0.391 e. The minimum atomic E-state index is -0.938. The molecular formula is C56H75N7O11S. The zero-order chi connectivity index (χ0) is 53.6. The van der Waals surface area contributed by atoms with Gasteiger partial charge in [-0.1, -0.05) is 87.5 Å². The number of fused-ring (bicyclic) bond motifs is 1. The van der Waals surface area contributed by atoms with Gasteiger partial charge in [0.05, 0.1) is 94.3 Å². The Bertz CT molecular complexity index is 2580. The number of carbonyl (C=O) groups is 4. The number of thiazole rings is 1. The maximum absolute atomic E-state index is 14.0. The maximum atomic E-state index is 14.0. The number of hydrogen-bond donors (Lipinski definition) is 6. The number of hydroxylamine groups is 1. The normalized spacial score (nSPS) is 15.7. The van der Waals surface area contributed by atoms with Crippen LogP contribution in [0.2, 0.25) is 0 Å². The summed E-state index contributed by atoms with van der Waals surface area (Å²) in [5.74, 6) is -1.74. The SMILES string of the molecule is Cc1ncsc1-c1ccc([C@H](C)NC(=O)[C@@H]2C[C@@H](O)CN2C(=O)[C@@H](NC(=O)CCOCCOCCOCCOCCOCCN(CCc2c[nH]c3ccccc23)Cc2ccc(/C=C/C(=O)NO)cc2)C(C)(C)C)cc1. The van der Waals surface area contributed by atoms with Gasteiger partial charge in [-0.3, -0.25) is 29.3 Å². The molecule has 1 aliphatic heterocycles. The Morgan fingerprint density at radius 3 is 2.12 bits per heavy atom. The van der Waals surface area contributed by atoms with Crippen LogP contribution in [0.5, 0.6) is 0 Å². The highest BCUT2D eigenvalue weighted by molar-refractivity contribution is 7.13. The number of para-hydroxylation sites is 1. The van der Waals surface area contributed by atoms with E-state index < -0.39 is 35.4 Å². The van der Waals surface area contributed by atoms with E-state index in [1.54, 1.807) is 22.9 Å². The lowest BCUT2D eigenvalue weighted by molar-refractivity contribution is -0.144. The first-order chi connectivity index (χ1) is 36.2. The molecular weight excluding hydrogens is 979 g/mol. The Labute approximate surface area is 444 Å². The fraction of sp³-hybridized carbons (Fsp3) is 0.482. The van der Waals surface area contributed by atoms with E-state index in [1.165, 1.54) is 21.9 Å². The summed E-state index contributed by atoms with van der Waals surface area (Å²) in [5.41, 5.74) is 10.0. The lowest BCUT2D eigenvalue weighted by Crippen LogP contribution is -2.58. The second-order valence-corrected chi connectivity index (χ2v) is 20.5. The number of likely N-dealkylation sites (tertiary alicyclic amines) is 1. The monoisotopic (exact) mass is 1050 g/mol. The number of β-amino-alcohol motifs (C(OH)–C–C–N with tert-alkyl or cyclic N) is 1. The van der Waals surface area contributed by atoms with Crippen LogP contribution >= 0.6 is 11.3 Å². The molecule has 5 aromatic rings. The summed E-state index contributed by atoms with van der Waals surface area (Å²) in [6, 6.07) is 22.0. The van der Waals surface area contributed by atoms with Crippen molar-refractivity contribution in [2.75, 3.05) is 85.7 Å². The van der Waals surface area contributed by atoms with Crippen LogP contribution in [0.1, 0.15) is 74.5 Å². The van der Waals surface area contributed by atoms with Crippen molar-refractivity contribution in [2.45, 2.75) is 84.7 Å². The van der Waals surface area contributed by atoms with Crippen LogP contribution in [0.25, 0.3) is 27.4 Å². The third-order valence-electron chi connectivity index (χ3n) is 12.9. The summed E-state index contributed by atoms with van der Waals surface area (Å²) in [7, 11) is 0. The molecule has 0 aliphatic carbocycles. The largest absolute Gasteiger partial charge is 0.391 e. The van der Waals surface area contributed by atoms with Gasteiger partial charge in [0.15, 0.2) is 0 Å². The van der Waals surface area contributed by atoms with Crippen molar-refractivity contribution in [1.29, 1.82) is 0 Å². The number of aliphatic hydroxyl groups excluding tert-OH is 1. The summed E-state index contributed by atoms with van der Waals surface area (Å²) < 4.78 is 28.5. The van der Waals surface area contributed by atoms with Crippen molar-refractivity contribution in [3.8, 4) is 10.4 Å². The summed E-state index contributed by atoms with van der Waals surface area (Å²) in [5, 5.41) is 26.5. The van der Waals surface area contributed by atoms with E-state index in [-0.39, 0.29) is 50.5 Å². The molecule has 4 amide bonds. The van der Waals surface area contributed by atoms with Gasteiger partial charge in [-0.15, -0.1) is 11.3 Å². The average molecular weight is 1050 g/mol. The number of rotatable bonds is 31. The van der Waals surface area contributed by atoms with Gasteiger partial charge in [0.2, 0.25) is 17.7 Å². The van der Waals surface area contributed by atoms with E-state index in [9.17, 15) is 24.3 Å². The lowest BCUT2D eigenvalue weighted by atomic mass is 9.85. The molecule has 3 aromatic carbocycles. The summed E-state index contributed by atoms with van der Waals surface area (Å²) in [4.78, 5) is 64.7. The fourth-order valence-electron chi connectivity index (χ4n) is 8.68. The molecule has 3 heterocycles. The van der Waals surface area contributed by atoms with Crippen LogP contribution in [0, 0.1) is 12.3 Å². The van der Waals surface area contributed by atoms with Crippen molar-refractivity contribution in [1.82, 2.24) is 35.9 Å². The fourth-order valence-corrected chi connectivity index (χ4v) is 9.49. The number of benzene rings is 3. The van der Waals surface area contributed by atoms with E-state index in [0.717, 1.165) is 64.4 Å². The summed E-state index contributed by atoms with van der Waals surface area (Å²) in [6.45, 7) is 15.4. The molecule has 0 bridgehead atoms. The van der Waals surface area contributed by atoms with Crippen LogP contribution in [-0.4, -0.2) is 158 Å². The van der Waals surface area contributed by atoms with Crippen molar-refractivity contribution in [3.05, 3.63) is 119 Å². The van der Waals surface area contributed by atoms with Crippen LogP contribution in [0.15, 0.2) is 90.6 Å². The number of H-pyrrole nitrogens is 1. The third kappa shape index (κ3) is 18.7. The van der Waals surface area contributed by atoms with Gasteiger partial charge in [0.25, 0.3) is 5.91 Å². The number of hydrogen-bond acceptors (Lipinski definition) is 14. The first-order valence-electron chi connectivity index (χ1n) is 25.7. The van der Waals surface area contributed by atoms with Gasteiger partial charge in [-0.2, -0.15) is 0 Å². The smallest absolute Gasteiger partial charge is 0.267 e. The topological polar surface area (TPSA) is 226 Å².